The summed E-state index contributed by atoms with van der Waals surface area (Å²) in [4.78, 5) is 13.7. The van der Waals surface area contributed by atoms with E-state index in [-0.39, 0.29) is 6.42 Å². The van der Waals surface area contributed by atoms with E-state index in [2.05, 4.69) is 0 Å². The van der Waals surface area contributed by atoms with E-state index < -0.39 is 17.7 Å². The summed E-state index contributed by atoms with van der Waals surface area (Å²) < 4.78 is 18.8. The van der Waals surface area contributed by atoms with Crippen molar-refractivity contribution in [2.45, 2.75) is 12.3 Å². The molecule has 0 fully saturated rings. The highest BCUT2D eigenvalue weighted by Gasteiger charge is 2.24. The van der Waals surface area contributed by atoms with Gasteiger partial charge in [0.05, 0.1) is 13.0 Å². The highest BCUT2D eigenvalue weighted by molar-refractivity contribution is 5.77. The molecule has 0 bridgehead atoms. The number of halogens is 1. The number of anilines is 1. The van der Waals surface area contributed by atoms with E-state index in [1.165, 1.54) is 25.3 Å². The second-order valence-corrected chi connectivity index (χ2v) is 5.55. The largest absolute Gasteiger partial charge is 0.496 e. The van der Waals surface area contributed by atoms with Gasteiger partial charge in [-0.3, -0.25) is 4.79 Å². The number of aliphatic carboxylic acids is 1. The van der Waals surface area contributed by atoms with Gasteiger partial charge in [0.15, 0.2) is 0 Å². The molecule has 1 unspecified atom stereocenters. The molecule has 2 aromatic rings. The fourth-order valence-electron chi connectivity index (χ4n) is 2.51. The quantitative estimate of drug-likeness (QED) is 0.888. The van der Waals surface area contributed by atoms with Crippen LogP contribution in [0, 0.1) is 5.82 Å². The highest BCUT2D eigenvalue weighted by Crippen LogP contribution is 2.31. The Kier molecular flexibility index (Phi) is 5.21. The molecule has 23 heavy (non-hydrogen) atoms. The Bertz CT molecular complexity index is 700. The lowest BCUT2D eigenvalue weighted by Gasteiger charge is -2.18. The molecule has 4 nitrogen and oxygen atoms in total. The standard InChI is InChI=1S/C18H20FNO3/c1-20(2)14-6-4-5-12(9-14)10-16(18(21)22)15-11-13(19)7-8-17(15)23-3/h4-9,11,16H,10H2,1-3H3,(H,21,22). The van der Waals surface area contributed by atoms with Crippen molar-refractivity contribution in [1.29, 1.82) is 0 Å². The summed E-state index contributed by atoms with van der Waals surface area (Å²) >= 11 is 0. The molecule has 2 aromatic carbocycles. The number of ether oxygens (including phenoxy) is 1. The van der Waals surface area contributed by atoms with Gasteiger partial charge >= 0.3 is 5.97 Å². The van der Waals surface area contributed by atoms with Crippen LogP contribution in [0.1, 0.15) is 17.0 Å². The summed E-state index contributed by atoms with van der Waals surface area (Å²) in [5.41, 5.74) is 2.20. The van der Waals surface area contributed by atoms with Crippen LogP contribution in [0.2, 0.25) is 0 Å². The Morgan fingerprint density at radius 2 is 2.00 bits per heavy atom. The molecule has 0 aliphatic heterocycles. The van der Waals surface area contributed by atoms with Crippen LogP contribution in [0.3, 0.4) is 0 Å². The van der Waals surface area contributed by atoms with Gasteiger partial charge in [-0.1, -0.05) is 12.1 Å². The zero-order valence-corrected chi connectivity index (χ0v) is 13.4. The van der Waals surface area contributed by atoms with Crippen LogP contribution in [-0.4, -0.2) is 32.3 Å². The molecular weight excluding hydrogens is 297 g/mol. The minimum Gasteiger partial charge on any atom is -0.496 e. The first-order valence-corrected chi connectivity index (χ1v) is 7.25. The van der Waals surface area contributed by atoms with E-state index in [0.29, 0.717) is 11.3 Å². The normalized spacial score (nSPS) is 11.8. The molecule has 0 saturated carbocycles. The predicted molar refractivity (Wildman–Crippen MR) is 87.8 cm³/mol. The summed E-state index contributed by atoms with van der Waals surface area (Å²) in [5, 5.41) is 9.59. The molecule has 122 valence electrons. The maximum absolute atomic E-state index is 13.6. The molecule has 2 rings (SSSR count). The summed E-state index contributed by atoms with van der Waals surface area (Å²) in [7, 11) is 5.29. The molecule has 0 heterocycles. The van der Waals surface area contributed by atoms with Gasteiger partial charge in [-0.2, -0.15) is 0 Å². The minimum absolute atomic E-state index is 0.261. The van der Waals surface area contributed by atoms with E-state index in [9.17, 15) is 14.3 Å². The topological polar surface area (TPSA) is 49.8 Å². The molecule has 0 saturated heterocycles. The third-order valence-electron chi connectivity index (χ3n) is 3.73. The Balaban J connectivity index is 2.39. The molecule has 0 amide bonds. The van der Waals surface area contributed by atoms with Crippen molar-refractivity contribution in [3.05, 3.63) is 59.4 Å². The van der Waals surface area contributed by atoms with Crippen LogP contribution in [-0.2, 0) is 11.2 Å². The van der Waals surface area contributed by atoms with Gasteiger partial charge in [0.1, 0.15) is 11.6 Å². The molecule has 5 heteroatoms. The number of methoxy groups -OCH3 is 1. The van der Waals surface area contributed by atoms with Gasteiger partial charge < -0.3 is 14.7 Å². The first-order valence-electron chi connectivity index (χ1n) is 7.25. The summed E-state index contributed by atoms with van der Waals surface area (Å²) in [6.45, 7) is 0. The van der Waals surface area contributed by atoms with Crippen LogP contribution in [0.4, 0.5) is 10.1 Å². The molecular formula is C18H20FNO3. The van der Waals surface area contributed by atoms with Gasteiger partial charge in [-0.15, -0.1) is 0 Å². The predicted octanol–water partition coefficient (Wildman–Crippen LogP) is 3.31. The second-order valence-electron chi connectivity index (χ2n) is 5.55. The molecule has 0 aromatic heterocycles. The van der Waals surface area contributed by atoms with E-state index in [1.807, 2.05) is 43.3 Å². The first kappa shape index (κ1) is 16.8. The smallest absolute Gasteiger partial charge is 0.311 e. The Morgan fingerprint density at radius 3 is 2.61 bits per heavy atom. The first-order chi connectivity index (χ1) is 10.9. The van der Waals surface area contributed by atoms with Crippen molar-refractivity contribution in [1.82, 2.24) is 0 Å². The lowest BCUT2D eigenvalue weighted by molar-refractivity contribution is -0.138. The van der Waals surface area contributed by atoms with Crippen molar-refractivity contribution in [2.24, 2.45) is 0 Å². The lowest BCUT2D eigenvalue weighted by Crippen LogP contribution is -2.16. The number of hydrogen-bond donors (Lipinski definition) is 1. The average Bonchev–Trinajstić information content (AvgIpc) is 2.52. The van der Waals surface area contributed by atoms with Gasteiger partial charge in [0.25, 0.3) is 0 Å². The molecule has 0 aliphatic rings. The van der Waals surface area contributed by atoms with Gasteiger partial charge in [0.2, 0.25) is 0 Å². The summed E-state index contributed by atoms with van der Waals surface area (Å²) in [6.07, 6.45) is 0.261. The number of rotatable bonds is 6. The average molecular weight is 317 g/mol. The summed E-state index contributed by atoms with van der Waals surface area (Å²) in [6, 6.07) is 11.6. The van der Waals surface area contributed by atoms with Crippen LogP contribution in [0.25, 0.3) is 0 Å². The Labute approximate surface area is 135 Å². The fourth-order valence-corrected chi connectivity index (χ4v) is 2.51. The fraction of sp³-hybridized carbons (Fsp3) is 0.278. The molecule has 0 radical (unpaired) electrons. The van der Waals surface area contributed by atoms with E-state index in [1.54, 1.807) is 0 Å². The maximum atomic E-state index is 13.6. The number of carboxylic acids is 1. The van der Waals surface area contributed by atoms with Crippen LogP contribution >= 0.6 is 0 Å². The van der Waals surface area contributed by atoms with Crippen LogP contribution in [0.15, 0.2) is 42.5 Å². The van der Waals surface area contributed by atoms with Gasteiger partial charge in [-0.25, -0.2) is 4.39 Å². The van der Waals surface area contributed by atoms with Crippen LogP contribution in [0.5, 0.6) is 5.75 Å². The number of carboxylic acid groups (broad SMARTS) is 1. The van der Waals surface area contributed by atoms with Crippen molar-refractivity contribution >= 4 is 11.7 Å². The Morgan fingerprint density at radius 1 is 1.26 bits per heavy atom. The number of nitrogens with zero attached hydrogens (tertiary/aromatic N) is 1. The van der Waals surface area contributed by atoms with Crippen LogP contribution < -0.4 is 9.64 Å². The lowest BCUT2D eigenvalue weighted by atomic mass is 9.91. The third kappa shape index (κ3) is 4.00. The van der Waals surface area contributed by atoms with Crippen molar-refractivity contribution in [2.75, 3.05) is 26.1 Å². The molecule has 1 atom stereocenters. The second kappa shape index (κ2) is 7.13. The zero-order chi connectivity index (χ0) is 17.0. The molecule has 0 spiro atoms. The Hall–Kier alpha value is -2.56. The zero-order valence-electron chi connectivity index (χ0n) is 13.4. The van der Waals surface area contributed by atoms with E-state index >= 15 is 0 Å². The highest BCUT2D eigenvalue weighted by atomic mass is 19.1. The van der Waals surface area contributed by atoms with Gasteiger partial charge in [0, 0.05) is 25.3 Å². The van der Waals surface area contributed by atoms with Gasteiger partial charge in [-0.05, 0) is 42.3 Å². The minimum atomic E-state index is -1.01. The van der Waals surface area contributed by atoms with Crippen molar-refractivity contribution < 1.29 is 19.0 Å². The summed E-state index contributed by atoms with van der Waals surface area (Å²) in [5.74, 6) is -1.99. The van der Waals surface area contributed by atoms with E-state index in [0.717, 1.165) is 11.3 Å². The molecule has 1 N–H and O–H groups in total. The third-order valence-corrected chi connectivity index (χ3v) is 3.73. The monoisotopic (exact) mass is 317 g/mol. The molecule has 0 aliphatic carbocycles. The number of carbonyl (C=O) groups is 1. The van der Waals surface area contributed by atoms with E-state index in [4.69, 9.17) is 4.74 Å². The van der Waals surface area contributed by atoms with Crippen molar-refractivity contribution in [3.8, 4) is 5.75 Å². The van der Waals surface area contributed by atoms with Crippen molar-refractivity contribution in [3.63, 3.8) is 0 Å². The number of benzene rings is 2. The number of hydrogen-bond acceptors (Lipinski definition) is 3. The maximum Gasteiger partial charge on any atom is 0.311 e. The SMILES string of the molecule is COc1ccc(F)cc1C(Cc1cccc(N(C)C)c1)C(=O)O.